The van der Waals surface area contributed by atoms with Gasteiger partial charge in [-0.25, -0.2) is 21.6 Å². The molecule has 1 atom stereocenters. The Bertz CT molecular complexity index is 923. The Balaban J connectivity index is 2.11. The molecule has 0 aliphatic rings. The van der Waals surface area contributed by atoms with Gasteiger partial charge in [0.05, 0.1) is 10.6 Å². The molecule has 0 amide bonds. The molecule has 0 fully saturated rings. The van der Waals surface area contributed by atoms with Crippen molar-refractivity contribution in [1.29, 1.82) is 0 Å². The summed E-state index contributed by atoms with van der Waals surface area (Å²) in [5.41, 5.74) is 1.37. The quantitative estimate of drug-likeness (QED) is 0.761. The number of sulfonamides is 1. The standard InChI is InChI=1S/C16H18BrNO4S2/c1-12(14-6-8-16(9-7-14)23(2,19)20)18-24(21,22)11-13-4-3-5-15(17)10-13/h3-10,12,18H,11H2,1-2H3/t12-/m1/s1. The van der Waals surface area contributed by atoms with Crippen molar-refractivity contribution in [1.82, 2.24) is 4.72 Å². The topological polar surface area (TPSA) is 80.3 Å². The predicted molar refractivity (Wildman–Crippen MR) is 97.9 cm³/mol. The molecular formula is C16H18BrNO4S2. The van der Waals surface area contributed by atoms with Crippen LogP contribution in [-0.4, -0.2) is 23.1 Å². The van der Waals surface area contributed by atoms with E-state index in [9.17, 15) is 16.8 Å². The van der Waals surface area contributed by atoms with Gasteiger partial charge in [0.25, 0.3) is 0 Å². The number of halogens is 1. The molecule has 2 rings (SSSR count). The minimum absolute atomic E-state index is 0.127. The van der Waals surface area contributed by atoms with Crippen molar-refractivity contribution in [3.8, 4) is 0 Å². The molecule has 0 heterocycles. The maximum atomic E-state index is 12.3. The second kappa shape index (κ2) is 7.35. The summed E-state index contributed by atoms with van der Waals surface area (Å²) in [5.74, 6) is -0.127. The summed E-state index contributed by atoms with van der Waals surface area (Å²) in [4.78, 5) is 0.204. The average molecular weight is 432 g/mol. The van der Waals surface area contributed by atoms with Gasteiger partial charge in [0.15, 0.2) is 9.84 Å². The minimum Gasteiger partial charge on any atom is -0.224 e. The molecule has 0 radical (unpaired) electrons. The van der Waals surface area contributed by atoms with Crippen molar-refractivity contribution >= 4 is 35.8 Å². The van der Waals surface area contributed by atoms with Gasteiger partial charge < -0.3 is 0 Å². The smallest absolute Gasteiger partial charge is 0.216 e. The van der Waals surface area contributed by atoms with Gasteiger partial charge in [-0.15, -0.1) is 0 Å². The first-order chi connectivity index (χ1) is 11.1. The molecule has 0 saturated heterocycles. The molecule has 0 aliphatic carbocycles. The highest BCUT2D eigenvalue weighted by Gasteiger charge is 2.17. The van der Waals surface area contributed by atoms with Gasteiger partial charge in [-0.3, -0.25) is 0 Å². The fourth-order valence-corrected chi connectivity index (χ4v) is 4.68. The van der Waals surface area contributed by atoms with E-state index in [1.807, 2.05) is 6.07 Å². The van der Waals surface area contributed by atoms with Crippen LogP contribution in [0.3, 0.4) is 0 Å². The van der Waals surface area contributed by atoms with Crippen LogP contribution in [0.1, 0.15) is 24.1 Å². The van der Waals surface area contributed by atoms with Gasteiger partial charge in [-0.05, 0) is 42.3 Å². The fraction of sp³-hybridized carbons (Fsp3) is 0.250. The first-order valence-corrected chi connectivity index (χ1v) is 11.4. The average Bonchev–Trinajstić information content (AvgIpc) is 2.45. The van der Waals surface area contributed by atoms with E-state index in [0.29, 0.717) is 11.1 Å². The monoisotopic (exact) mass is 431 g/mol. The van der Waals surface area contributed by atoms with E-state index in [2.05, 4.69) is 20.7 Å². The Morgan fingerprint density at radius 1 is 1.04 bits per heavy atom. The van der Waals surface area contributed by atoms with E-state index in [1.165, 1.54) is 12.1 Å². The second-order valence-corrected chi connectivity index (χ2v) is 10.3. The lowest BCUT2D eigenvalue weighted by molar-refractivity contribution is 0.565. The number of hydrogen-bond donors (Lipinski definition) is 1. The number of sulfone groups is 1. The first-order valence-electron chi connectivity index (χ1n) is 7.11. The third kappa shape index (κ3) is 5.41. The van der Waals surface area contributed by atoms with Crippen LogP contribution in [0.4, 0.5) is 0 Å². The van der Waals surface area contributed by atoms with Crippen molar-refractivity contribution in [2.45, 2.75) is 23.6 Å². The Kier molecular flexibility index (Phi) is 5.85. The van der Waals surface area contributed by atoms with Gasteiger partial charge in [0, 0.05) is 16.8 Å². The van der Waals surface area contributed by atoms with Crippen LogP contribution in [0.2, 0.25) is 0 Å². The van der Waals surface area contributed by atoms with E-state index < -0.39 is 25.9 Å². The van der Waals surface area contributed by atoms with Crippen LogP contribution in [-0.2, 0) is 25.6 Å². The summed E-state index contributed by atoms with van der Waals surface area (Å²) in [5, 5.41) is 0. The lowest BCUT2D eigenvalue weighted by Gasteiger charge is -2.15. The third-order valence-electron chi connectivity index (χ3n) is 3.41. The normalized spacial score (nSPS) is 13.6. The zero-order valence-electron chi connectivity index (χ0n) is 13.2. The van der Waals surface area contributed by atoms with E-state index in [1.54, 1.807) is 37.3 Å². The number of nitrogens with one attached hydrogen (secondary N) is 1. The molecule has 0 aromatic heterocycles. The fourth-order valence-electron chi connectivity index (χ4n) is 2.23. The van der Waals surface area contributed by atoms with Crippen molar-refractivity contribution in [2.24, 2.45) is 0 Å². The molecular weight excluding hydrogens is 414 g/mol. The molecule has 24 heavy (non-hydrogen) atoms. The van der Waals surface area contributed by atoms with Gasteiger partial charge in [0.1, 0.15) is 0 Å². The summed E-state index contributed by atoms with van der Waals surface area (Å²) >= 11 is 3.32. The lowest BCUT2D eigenvalue weighted by Crippen LogP contribution is -2.28. The second-order valence-electron chi connectivity index (χ2n) is 5.57. The molecule has 8 heteroatoms. The van der Waals surface area contributed by atoms with Crippen LogP contribution >= 0.6 is 15.9 Å². The molecule has 0 aliphatic heterocycles. The van der Waals surface area contributed by atoms with Crippen molar-refractivity contribution in [3.63, 3.8) is 0 Å². The zero-order valence-corrected chi connectivity index (χ0v) is 16.4. The Morgan fingerprint density at radius 3 is 2.21 bits per heavy atom. The predicted octanol–water partition coefficient (Wildman–Crippen LogP) is 3.03. The molecule has 2 aromatic rings. The summed E-state index contributed by atoms with van der Waals surface area (Å²) in [6, 6.07) is 12.8. The number of rotatable bonds is 6. The van der Waals surface area contributed by atoms with Gasteiger partial charge in [-0.2, -0.15) is 0 Å². The van der Waals surface area contributed by atoms with E-state index in [0.717, 1.165) is 10.7 Å². The van der Waals surface area contributed by atoms with Crippen LogP contribution in [0.15, 0.2) is 57.9 Å². The van der Waals surface area contributed by atoms with Gasteiger partial charge >= 0.3 is 0 Å². The summed E-state index contributed by atoms with van der Waals surface area (Å²) in [6.07, 6.45) is 1.13. The molecule has 1 N–H and O–H groups in total. The third-order valence-corrected chi connectivity index (χ3v) is 6.46. The summed E-state index contributed by atoms with van der Waals surface area (Å²) in [7, 11) is -6.79. The van der Waals surface area contributed by atoms with Crippen LogP contribution in [0.25, 0.3) is 0 Å². The van der Waals surface area contributed by atoms with Gasteiger partial charge in [0.2, 0.25) is 10.0 Å². The summed E-state index contributed by atoms with van der Waals surface area (Å²) in [6.45, 7) is 1.72. The van der Waals surface area contributed by atoms with Crippen LogP contribution in [0.5, 0.6) is 0 Å². The molecule has 0 bridgehead atoms. The molecule has 130 valence electrons. The molecule has 0 unspecified atom stereocenters. The summed E-state index contributed by atoms with van der Waals surface area (Å²) < 4.78 is 50.9. The minimum atomic E-state index is -3.53. The number of benzene rings is 2. The highest BCUT2D eigenvalue weighted by atomic mass is 79.9. The van der Waals surface area contributed by atoms with E-state index >= 15 is 0 Å². The lowest BCUT2D eigenvalue weighted by atomic mass is 10.1. The maximum Gasteiger partial charge on any atom is 0.216 e. The van der Waals surface area contributed by atoms with Gasteiger partial charge in [-0.1, -0.05) is 40.2 Å². The zero-order chi connectivity index (χ0) is 18.0. The highest BCUT2D eigenvalue weighted by molar-refractivity contribution is 9.10. The first kappa shape index (κ1) is 19.1. The van der Waals surface area contributed by atoms with Crippen molar-refractivity contribution in [2.75, 3.05) is 6.26 Å². The number of hydrogen-bond acceptors (Lipinski definition) is 4. The highest BCUT2D eigenvalue weighted by Crippen LogP contribution is 2.19. The SMILES string of the molecule is C[C@@H](NS(=O)(=O)Cc1cccc(Br)c1)c1ccc(S(C)(=O)=O)cc1. The maximum absolute atomic E-state index is 12.3. The molecule has 5 nitrogen and oxygen atoms in total. The Hall–Kier alpha value is -1.22. The van der Waals surface area contributed by atoms with Crippen molar-refractivity contribution < 1.29 is 16.8 Å². The van der Waals surface area contributed by atoms with Crippen LogP contribution in [0, 0.1) is 0 Å². The Morgan fingerprint density at radius 2 is 1.67 bits per heavy atom. The van der Waals surface area contributed by atoms with Crippen molar-refractivity contribution in [3.05, 3.63) is 64.1 Å². The van der Waals surface area contributed by atoms with E-state index in [-0.39, 0.29) is 10.6 Å². The largest absolute Gasteiger partial charge is 0.224 e. The molecule has 0 saturated carbocycles. The van der Waals surface area contributed by atoms with E-state index in [4.69, 9.17) is 0 Å². The molecule has 0 spiro atoms. The Labute approximate surface area is 151 Å². The molecule has 2 aromatic carbocycles. The van der Waals surface area contributed by atoms with Crippen LogP contribution < -0.4 is 4.72 Å².